The SMILES string of the molecule is CCCCCCCOc1ccc(C(O)C(O)CCl)cc1. The highest BCUT2D eigenvalue weighted by Crippen LogP contribution is 2.21. The minimum absolute atomic E-state index is 0.0111. The molecule has 2 unspecified atom stereocenters. The maximum Gasteiger partial charge on any atom is 0.119 e. The molecule has 2 atom stereocenters. The van der Waals surface area contributed by atoms with Gasteiger partial charge in [-0.25, -0.2) is 0 Å². The number of ether oxygens (including phenoxy) is 1. The standard InChI is InChI=1S/C16H25ClO3/c1-2-3-4-5-6-11-20-14-9-7-13(8-10-14)16(19)15(18)12-17/h7-10,15-16,18-19H,2-6,11-12H2,1H3. The molecule has 0 saturated carbocycles. The molecule has 0 aliphatic heterocycles. The van der Waals surface area contributed by atoms with Crippen LogP contribution in [0.3, 0.4) is 0 Å². The van der Waals surface area contributed by atoms with Gasteiger partial charge in [0.05, 0.1) is 18.6 Å². The van der Waals surface area contributed by atoms with E-state index >= 15 is 0 Å². The Kier molecular flexibility index (Phi) is 8.67. The summed E-state index contributed by atoms with van der Waals surface area (Å²) in [7, 11) is 0. The minimum Gasteiger partial charge on any atom is -0.494 e. The molecule has 0 aliphatic rings. The summed E-state index contributed by atoms with van der Waals surface area (Å²) >= 11 is 5.51. The number of benzene rings is 1. The number of hydrogen-bond donors (Lipinski definition) is 2. The smallest absolute Gasteiger partial charge is 0.119 e. The van der Waals surface area contributed by atoms with E-state index in [4.69, 9.17) is 16.3 Å². The van der Waals surface area contributed by atoms with Gasteiger partial charge >= 0.3 is 0 Å². The molecule has 1 rings (SSSR count). The van der Waals surface area contributed by atoms with Crippen LogP contribution in [0.1, 0.15) is 50.7 Å². The van der Waals surface area contributed by atoms with Gasteiger partial charge in [0.25, 0.3) is 0 Å². The van der Waals surface area contributed by atoms with E-state index in [9.17, 15) is 10.2 Å². The molecule has 0 amide bonds. The van der Waals surface area contributed by atoms with E-state index in [0.29, 0.717) is 5.56 Å². The summed E-state index contributed by atoms with van der Waals surface area (Å²) in [6, 6.07) is 7.14. The quantitative estimate of drug-likeness (QED) is 0.512. The highest BCUT2D eigenvalue weighted by molar-refractivity contribution is 6.18. The second kappa shape index (κ2) is 10.0. The summed E-state index contributed by atoms with van der Waals surface area (Å²) in [6.45, 7) is 2.92. The van der Waals surface area contributed by atoms with Crippen molar-refractivity contribution in [3.8, 4) is 5.75 Å². The Hall–Kier alpha value is -0.770. The normalized spacial score (nSPS) is 14.0. The van der Waals surface area contributed by atoms with Crippen molar-refractivity contribution in [3.05, 3.63) is 29.8 Å². The van der Waals surface area contributed by atoms with Gasteiger partial charge in [-0.05, 0) is 24.1 Å². The van der Waals surface area contributed by atoms with Crippen molar-refractivity contribution in [1.29, 1.82) is 0 Å². The Morgan fingerprint density at radius 2 is 1.70 bits per heavy atom. The molecule has 0 bridgehead atoms. The molecular formula is C16H25ClO3. The average Bonchev–Trinajstić information content (AvgIpc) is 2.50. The van der Waals surface area contributed by atoms with Crippen LogP contribution in [-0.4, -0.2) is 28.8 Å². The average molecular weight is 301 g/mol. The molecule has 1 aromatic rings. The summed E-state index contributed by atoms with van der Waals surface area (Å²) < 4.78 is 5.64. The number of aliphatic hydroxyl groups excluding tert-OH is 2. The summed E-state index contributed by atoms with van der Waals surface area (Å²) in [5.41, 5.74) is 0.647. The molecule has 114 valence electrons. The Labute approximate surface area is 126 Å². The van der Waals surface area contributed by atoms with E-state index < -0.39 is 12.2 Å². The number of hydrogen-bond acceptors (Lipinski definition) is 3. The van der Waals surface area contributed by atoms with E-state index in [1.807, 2.05) is 12.1 Å². The van der Waals surface area contributed by atoms with Crippen molar-refractivity contribution in [2.24, 2.45) is 0 Å². The van der Waals surface area contributed by atoms with E-state index in [2.05, 4.69) is 6.92 Å². The van der Waals surface area contributed by atoms with Crippen LogP contribution in [0.15, 0.2) is 24.3 Å². The van der Waals surface area contributed by atoms with Gasteiger partial charge in [-0.1, -0.05) is 44.7 Å². The molecule has 0 spiro atoms. The molecule has 0 aliphatic carbocycles. The maximum atomic E-state index is 9.80. The fraction of sp³-hybridized carbons (Fsp3) is 0.625. The molecule has 3 nitrogen and oxygen atoms in total. The van der Waals surface area contributed by atoms with Crippen LogP contribution in [0.2, 0.25) is 0 Å². The fourth-order valence-corrected chi connectivity index (χ4v) is 2.13. The monoisotopic (exact) mass is 300 g/mol. The van der Waals surface area contributed by atoms with Crippen molar-refractivity contribution in [3.63, 3.8) is 0 Å². The molecule has 2 N–H and O–H groups in total. The van der Waals surface area contributed by atoms with Crippen molar-refractivity contribution < 1.29 is 14.9 Å². The topological polar surface area (TPSA) is 49.7 Å². The van der Waals surface area contributed by atoms with Crippen LogP contribution >= 0.6 is 11.6 Å². The van der Waals surface area contributed by atoms with Gasteiger partial charge in [0, 0.05) is 0 Å². The van der Waals surface area contributed by atoms with Gasteiger partial charge in [-0.15, -0.1) is 11.6 Å². The third-order valence-electron chi connectivity index (χ3n) is 3.26. The zero-order valence-electron chi connectivity index (χ0n) is 12.1. The molecule has 0 heterocycles. The van der Waals surface area contributed by atoms with Gasteiger partial charge in [0.15, 0.2) is 0 Å². The highest BCUT2D eigenvalue weighted by atomic mass is 35.5. The van der Waals surface area contributed by atoms with E-state index in [0.717, 1.165) is 18.8 Å². The third kappa shape index (κ3) is 6.12. The van der Waals surface area contributed by atoms with Crippen LogP contribution in [0.25, 0.3) is 0 Å². The Morgan fingerprint density at radius 3 is 2.30 bits per heavy atom. The largest absolute Gasteiger partial charge is 0.494 e. The highest BCUT2D eigenvalue weighted by Gasteiger charge is 2.16. The first-order valence-electron chi connectivity index (χ1n) is 7.34. The molecule has 1 aromatic carbocycles. The molecule has 0 fully saturated rings. The maximum absolute atomic E-state index is 9.80. The minimum atomic E-state index is -0.949. The number of halogens is 1. The predicted octanol–water partition coefficient (Wildman–Crippen LogP) is 3.67. The van der Waals surface area contributed by atoms with E-state index in [1.165, 1.54) is 25.7 Å². The molecule has 4 heteroatoms. The van der Waals surface area contributed by atoms with Crippen LogP contribution in [0.5, 0.6) is 5.75 Å². The molecule has 0 saturated heterocycles. The Balaban J connectivity index is 2.31. The summed E-state index contributed by atoms with van der Waals surface area (Å²) in [4.78, 5) is 0. The zero-order valence-corrected chi connectivity index (χ0v) is 12.9. The van der Waals surface area contributed by atoms with Crippen LogP contribution < -0.4 is 4.74 Å². The lowest BCUT2D eigenvalue weighted by Crippen LogP contribution is -2.19. The summed E-state index contributed by atoms with van der Waals surface area (Å²) in [5, 5.41) is 19.3. The number of alkyl halides is 1. The van der Waals surface area contributed by atoms with Crippen LogP contribution in [0, 0.1) is 0 Å². The molecule has 20 heavy (non-hydrogen) atoms. The summed E-state index contributed by atoms with van der Waals surface area (Å²) in [6.07, 6.45) is 4.18. The lowest BCUT2D eigenvalue weighted by molar-refractivity contribution is 0.0327. The lowest BCUT2D eigenvalue weighted by Gasteiger charge is -2.16. The number of rotatable bonds is 10. The number of unbranched alkanes of at least 4 members (excludes halogenated alkanes) is 4. The third-order valence-corrected chi connectivity index (χ3v) is 3.58. The van der Waals surface area contributed by atoms with Crippen LogP contribution in [-0.2, 0) is 0 Å². The van der Waals surface area contributed by atoms with Crippen molar-refractivity contribution in [2.45, 2.75) is 51.2 Å². The summed E-state index contributed by atoms with van der Waals surface area (Å²) in [5.74, 6) is 0.800. The number of aliphatic hydroxyl groups is 2. The first-order chi connectivity index (χ1) is 9.69. The van der Waals surface area contributed by atoms with Crippen molar-refractivity contribution in [2.75, 3.05) is 12.5 Å². The molecular weight excluding hydrogens is 276 g/mol. The second-order valence-corrected chi connectivity index (χ2v) is 5.31. The Morgan fingerprint density at radius 1 is 1.05 bits per heavy atom. The van der Waals surface area contributed by atoms with E-state index in [1.54, 1.807) is 12.1 Å². The van der Waals surface area contributed by atoms with E-state index in [-0.39, 0.29) is 5.88 Å². The van der Waals surface area contributed by atoms with Gasteiger partial charge < -0.3 is 14.9 Å². The van der Waals surface area contributed by atoms with Gasteiger partial charge in [0.2, 0.25) is 0 Å². The molecule has 0 aromatic heterocycles. The van der Waals surface area contributed by atoms with Crippen LogP contribution in [0.4, 0.5) is 0 Å². The van der Waals surface area contributed by atoms with Gasteiger partial charge in [-0.2, -0.15) is 0 Å². The molecule has 0 radical (unpaired) electrons. The van der Waals surface area contributed by atoms with Crippen molar-refractivity contribution in [1.82, 2.24) is 0 Å². The second-order valence-electron chi connectivity index (χ2n) is 5.00. The predicted molar refractivity (Wildman–Crippen MR) is 82.4 cm³/mol. The lowest BCUT2D eigenvalue weighted by atomic mass is 10.1. The van der Waals surface area contributed by atoms with Crippen molar-refractivity contribution >= 4 is 11.6 Å². The van der Waals surface area contributed by atoms with Gasteiger partial charge in [-0.3, -0.25) is 0 Å². The Bertz CT molecular complexity index is 353. The first-order valence-corrected chi connectivity index (χ1v) is 7.87. The fourth-order valence-electron chi connectivity index (χ4n) is 1.96. The van der Waals surface area contributed by atoms with Gasteiger partial charge in [0.1, 0.15) is 11.9 Å². The first kappa shape index (κ1) is 17.3. The zero-order chi connectivity index (χ0) is 14.8.